The van der Waals surface area contributed by atoms with Crippen molar-refractivity contribution in [3.05, 3.63) is 65.2 Å². The third kappa shape index (κ3) is 2.73. The van der Waals surface area contributed by atoms with E-state index in [2.05, 4.69) is 47.5 Å². The predicted octanol–water partition coefficient (Wildman–Crippen LogP) is 5.18. The predicted molar refractivity (Wildman–Crippen MR) is 105 cm³/mol. The Morgan fingerprint density at radius 2 is 1.62 bits per heavy atom. The average molecular weight is 343 g/mol. The van der Waals surface area contributed by atoms with Crippen LogP contribution >= 0.6 is 0 Å². The van der Waals surface area contributed by atoms with E-state index in [4.69, 9.17) is 4.98 Å². The van der Waals surface area contributed by atoms with E-state index in [1.807, 2.05) is 32.0 Å². The molecule has 2 aromatic carbocycles. The molecule has 0 saturated heterocycles. The van der Waals surface area contributed by atoms with E-state index in [1.54, 1.807) is 0 Å². The molecule has 0 unspecified atom stereocenters. The Hall–Kier alpha value is -3.14. The van der Waals surface area contributed by atoms with Crippen LogP contribution in [0.3, 0.4) is 0 Å². The van der Waals surface area contributed by atoms with Crippen LogP contribution in [0.15, 0.2) is 48.5 Å². The zero-order valence-electron chi connectivity index (χ0n) is 15.2. The van der Waals surface area contributed by atoms with Gasteiger partial charge in [0.15, 0.2) is 5.65 Å². The normalized spacial score (nSPS) is 11.2. The second-order valence-electron chi connectivity index (χ2n) is 6.68. The van der Waals surface area contributed by atoms with Gasteiger partial charge >= 0.3 is 0 Å². The van der Waals surface area contributed by atoms with E-state index in [9.17, 15) is 5.11 Å². The third-order valence-corrected chi connectivity index (χ3v) is 4.86. The molecule has 0 amide bonds. The van der Waals surface area contributed by atoms with Gasteiger partial charge in [0.1, 0.15) is 5.75 Å². The first-order valence-corrected chi connectivity index (χ1v) is 8.82. The molecule has 4 aromatic rings. The molecule has 0 bridgehead atoms. The summed E-state index contributed by atoms with van der Waals surface area (Å²) in [4.78, 5) is 4.71. The summed E-state index contributed by atoms with van der Waals surface area (Å²) in [5.41, 5.74) is 7.63. The van der Waals surface area contributed by atoms with E-state index >= 15 is 0 Å². The number of hydrogen-bond donors (Lipinski definition) is 2. The zero-order valence-corrected chi connectivity index (χ0v) is 15.2. The molecular weight excluding hydrogens is 322 g/mol. The standard InChI is InChI=1S/C22H21N3O/c1-4-15-5-7-16(8-6-15)20-18-9-10-19(23-22(18)25-24-20)17-11-13(2)21(26)14(3)12-17/h5-12,26H,4H2,1-3H3,(H,23,24,25). The van der Waals surface area contributed by atoms with Crippen LogP contribution in [0.4, 0.5) is 0 Å². The summed E-state index contributed by atoms with van der Waals surface area (Å²) in [6, 6.07) is 16.5. The Morgan fingerprint density at radius 1 is 0.923 bits per heavy atom. The van der Waals surface area contributed by atoms with Crippen molar-refractivity contribution in [2.24, 2.45) is 0 Å². The molecule has 4 heteroatoms. The lowest BCUT2D eigenvalue weighted by molar-refractivity contribution is 0.467. The Morgan fingerprint density at radius 3 is 2.27 bits per heavy atom. The van der Waals surface area contributed by atoms with Crippen LogP contribution in [-0.2, 0) is 6.42 Å². The lowest BCUT2D eigenvalue weighted by Gasteiger charge is -2.07. The van der Waals surface area contributed by atoms with Crippen molar-refractivity contribution >= 4 is 11.0 Å². The fraction of sp³-hybridized carbons (Fsp3) is 0.182. The minimum Gasteiger partial charge on any atom is -0.507 e. The van der Waals surface area contributed by atoms with Gasteiger partial charge in [0.05, 0.1) is 11.4 Å². The monoisotopic (exact) mass is 343 g/mol. The molecule has 0 atom stereocenters. The highest BCUT2D eigenvalue weighted by Gasteiger charge is 2.12. The van der Waals surface area contributed by atoms with Gasteiger partial charge in [-0.05, 0) is 61.2 Å². The van der Waals surface area contributed by atoms with Gasteiger partial charge in [-0.1, -0.05) is 31.2 Å². The number of fused-ring (bicyclic) bond motifs is 1. The highest BCUT2D eigenvalue weighted by Crippen LogP contribution is 2.31. The summed E-state index contributed by atoms with van der Waals surface area (Å²) in [5.74, 6) is 0.340. The van der Waals surface area contributed by atoms with E-state index in [-0.39, 0.29) is 0 Å². The number of benzene rings is 2. The molecule has 0 aliphatic heterocycles. The number of H-pyrrole nitrogens is 1. The van der Waals surface area contributed by atoms with Crippen LogP contribution in [0.5, 0.6) is 5.75 Å². The minimum atomic E-state index is 0.340. The van der Waals surface area contributed by atoms with Gasteiger partial charge in [0, 0.05) is 16.5 Å². The topological polar surface area (TPSA) is 61.8 Å². The maximum Gasteiger partial charge on any atom is 0.182 e. The van der Waals surface area contributed by atoms with Crippen molar-refractivity contribution in [2.75, 3.05) is 0 Å². The number of nitrogens with zero attached hydrogens (tertiary/aromatic N) is 2. The summed E-state index contributed by atoms with van der Waals surface area (Å²) >= 11 is 0. The first-order chi connectivity index (χ1) is 12.6. The lowest BCUT2D eigenvalue weighted by atomic mass is 10.0. The molecule has 26 heavy (non-hydrogen) atoms. The quantitative estimate of drug-likeness (QED) is 0.539. The van der Waals surface area contributed by atoms with Crippen molar-refractivity contribution < 1.29 is 5.11 Å². The van der Waals surface area contributed by atoms with E-state index < -0.39 is 0 Å². The summed E-state index contributed by atoms with van der Waals surface area (Å²) < 4.78 is 0. The zero-order chi connectivity index (χ0) is 18.3. The molecule has 0 aliphatic rings. The summed E-state index contributed by atoms with van der Waals surface area (Å²) in [5, 5.41) is 18.5. The average Bonchev–Trinajstić information content (AvgIpc) is 3.09. The third-order valence-electron chi connectivity index (χ3n) is 4.86. The Bertz CT molecular complexity index is 1070. The van der Waals surface area contributed by atoms with E-state index in [1.165, 1.54) is 5.56 Å². The second kappa shape index (κ2) is 6.30. The molecule has 2 aromatic heterocycles. The molecule has 2 N–H and O–H groups in total. The molecule has 2 heterocycles. The number of phenolic OH excluding ortho intramolecular Hbond substituents is 1. The smallest absolute Gasteiger partial charge is 0.182 e. The van der Waals surface area contributed by atoms with Gasteiger partial charge < -0.3 is 5.11 Å². The first kappa shape index (κ1) is 16.3. The van der Waals surface area contributed by atoms with Crippen LogP contribution in [0, 0.1) is 13.8 Å². The molecular formula is C22H21N3O. The van der Waals surface area contributed by atoms with Crippen molar-refractivity contribution in [2.45, 2.75) is 27.2 Å². The number of rotatable bonds is 3. The van der Waals surface area contributed by atoms with Crippen LogP contribution in [0.25, 0.3) is 33.5 Å². The van der Waals surface area contributed by atoms with E-state index in [0.717, 1.165) is 45.4 Å². The van der Waals surface area contributed by atoms with Crippen molar-refractivity contribution in [1.82, 2.24) is 15.2 Å². The van der Waals surface area contributed by atoms with Crippen LogP contribution in [0.2, 0.25) is 0 Å². The highest BCUT2D eigenvalue weighted by atomic mass is 16.3. The molecule has 4 rings (SSSR count). The number of pyridine rings is 1. The Labute approximate surface area is 152 Å². The number of phenols is 1. The number of aryl methyl sites for hydroxylation is 3. The molecule has 0 aliphatic carbocycles. The summed E-state index contributed by atoms with van der Waals surface area (Å²) in [7, 11) is 0. The Balaban J connectivity index is 1.78. The summed E-state index contributed by atoms with van der Waals surface area (Å²) in [6.07, 6.45) is 1.03. The van der Waals surface area contributed by atoms with Crippen molar-refractivity contribution in [3.63, 3.8) is 0 Å². The second-order valence-corrected chi connectivity index (χ2v) is 6.68. The largest absolute Gasteiger partial charge is 0.507 e. The molecule has 0 saturated carbocycles. The lowest BCUT2D eigenvalue weighted by Crippen LogP contribution is -1.88. The van der Waals surface area contributed by atoms with E-state index in [0.29, 0.717) is 11.4 Å². The minimum absolute atomic E-state index is 0.340. The number of aromatic hydroxyl groups is 1. The van der Waals surface area contributed by atoms with Crippen molar-refractivity contribution in [1.29, 1.82) is 0 Å². The SMILES string of the molecule is CCc1ccc(-c2[nH]nc3nc(-c4cc(C)c(O)c(C)c4)ccc23)cc1. The van der Waals surface area contributed by atoms with Crippen molar-refractivity contribution in [3.8, 4) is 28.3 Å². The summed E-state index contributed by atoms with van der Waals surface area (Å²) in [6.45, 7) is 5.95. The molecule has 130 valence electrons. The first-order valence-electron chi connectivity index (χ1n) is 8.82. The molecule has 0 spiro atoms. The van der Waals surface area contributed by atoms with Gasteiger partial charge in [-0.25, -0.2) is 4.98 Å². The molecule has 0 radical (unpaired) electrons. The number of hydrogen-bond acceptors (Lipinski definition) is 3. The van der Waals surface area contributed by atoms with Gasteiger partial charge in [-0.2, -0.15) is 5.10 Å². The van der Waals surface area contributed by atoms with Crippen LogP contribution < -0.4 is 0 Å². The maximum atomic E-state index is 9.98. The fourth-order valence-corrected chi connectivity index (χ4v) is 3.29. The van der Waals surface area contributed by atoms with Gasteiger partial charge in [-0.15, -0.1) is 0 Å². The number of aromatic nitrogens is 3. The maximum absolute atomic E-state index is 9.98. The molecule has 0 fully saturated rings. The number of aromatic amines is 1. The molecule has 4 nitrogen and oxygen atoms in total. The Kier molecular flexibility index (Phi) is 3.96. The van der Waals surface area contributed by atoms with Crippen LogP contribution in [-0.4, -0.2) is 20.3 Å². The van der Waals surface area contributed by atoms with Gasteiger partial charge in [0.2, 0.25) is 0 Å². The van der Waals surface area contributed by atoms with Gasteiger partial charge in [-0.3, -0.25) is 5.10 Å². The van der Waals surface area contributed by atoms with Crippen LogP contribution in [0.1, 0.15) is 23.6 Å². The number of nitrogens with one attached hydrogen (secondary N) is 1. The highest BCUT2D eigenvalue weighted by molar-refractivity contribution is 5.92. The van der Waals surface area contributed by atoms with Gasteiger partial charge in [0.25, 0.3) is 0 Å². The fourth-order valence-electron chi connectivity index (χ4n) is 3.29.